The van der Waals surface area contributed by atoms with Gasteiger partial charge in [-0.05, 0) is 25.5 Å². The molecule has 0 amide bonds. The fraction of sp³-hybridized carbons (Fsp3) is 0.300. The summed E-state index contributed by atoms with van der Waals surface area (Å²) in [6, 6.07) is 1.45. The number of rotatable bonds is 2. The smallest absolute Gasteiger partial charge is 0.356 e. The average Bonchev–Trinajstić information content (AvgIpc) is 2.17. The second-order valence-corrected chi connectivity index (χ2v) is 2.93. The molecule has 4 nitrogen and oxygen atoms in total. The molecule has 0 fully saturated rings. The van der Waals surface area contributed by atoms with Crippen LogP contribution in [0.15, 0.2) is 12.3 Å². The maximum Gasteiger partial charge on any atom is 0.356 e. The number of hydrogen-bond acceptors (Lipinski definition) is 4. The van der Waals surface area contributed by atoms with E-state index in [-0.39, 0.29) is 11.5 Å². The first kappa shape index (κ1) is 10.4. The molecule has 0 unspecified atom stereocenters. The molecule has 1 heterocycles. The molecule has 0 saturated heterocycles. The number of ketones is 1. The number of carbonyl (C=O) groups excluding carboxylic acids is 2. The summed E-state index contributed by atoms with van der Waals surface area (Å²) in [5.74, 6) is -0.623. The van der Waals surface area contributed by atoms with Gasteiger partial charge in [-0.2, -0.15) is 0 Å². The van der Waals surface area contributed by atoms with Crippen molar-refractivity contribution in [2.45, 2.75) is 13.8 Å². The van der Waals surface area contributed by atoms with Gasteiger partial charge >= 0.3 is 5.97 Å². The summed E-state index contributed by atoms with van der Waals surface area (Å²) >= 11 is 0. The SMILES string of the molecule is COC(=O)c1cc(C(C)=O)c(C)cn1. The third kappa shape index (κ3) is 1.96. The zero-order valence-electron chi connectivity index (χ0n) is 8.33. The molecular weight excluding hydrogens is 182 g/mol. The number of aryl methyl sites for hydroxylation is 1. The first-order valence-corrected chi connectivity index (χ1v) is 4.12. The largest absolute Gasteiger partial charge is 0.464 e. The number of esters is 1. The van der Waals surface area contributed by atoms with Crippen LogP contribution >= 0.6 is 0 Å². The molecule has 0 aliphatic rings. The second kappa shape index (κ2) is 4.00. The third-order valence-corrected chi connectivity index (χ3v) is 1.88. The van der Waals surface area contributed by atoms with E-state index in [1.165, 1.54) is 26.3 Å². The van der Waals surface area contributed by atoms with Gasteiger partial charge in [0, 0.05) is 11.8 Å². The van der Waals surface area contributed by atoms with Crippen LogP contribution in [0.4, 0.5) is 0 Å². The molecule has 0 aromatic carbocycles. The number of pyridine rings is 1. The van der Waals surface area contributed by atoms with E-state index in [9.17, 15) is 9.59 Å². The van der Waals surface area contributed by atoms with Crippen molar-refractivity contribution in [2.24, 2.45) is 0 Å². The summed E-state index contributed by atoms with van der Waals surface area (Å²) < 4.78 is 4.50. The monoisotopic (exact) mass is 193 g/mol. The molecule has 0 spiro atoms. The molecule has 0 N–H and O–H groups in total. The van der Waals surface area contributed by atoms with Gasteiger partial charge in [-0.25, -0.2) is 9.78 Å². The average molecular weight is 193 g/mol. The van der Waals surface area contributed by atoms with Gasteiger partial charge in [0.05, 0.1) is 7.11 Å². The Kier molecular flexibility index (Phi) is 2.96. The molecular formula is C10H11NO3. The van der Waals surface area contributed by atoms with E-state index < -0.39 is 5.97 Å². The lowest BCUT2D eigenvalue weighted by molar-refractivity contribution is 0.0594. The highest BCUT2D eigenvalue weighted by Gasteiger charge is 2.11. The van der Waals surface area contributed by atoms with Crippen LogP contribution in [0.5, 0.6) is 0 Å². The van der Waals surface area contributed by atoms with Crippen molar-refractivity contribution >= 4 is 11.8 Å². The van der Waals surface area contributed by atoms with Crippen LogP contribution < -0.4 is 0 Å². The van der Waals surface area contributed by atoms with E-state index in [0.717, 1.165) is 5.56 Å². The van der Waals surface area contributed by atoms with Crippen molar-refractivity contribution in [3.8, 4) is 0 Å². The van der Waals surface area contributed by atoms with Crippen molar-refractivity contribution < 1.29 is 14.3 Å². The summed E-state index contributed by atoms with van der Waals surface area (Å²) in [5.41, 5.74) is 1.41. The van der Waals surface area contributed by atoms with Crippen LogP contribution in [0.3, 0.4) is 0 Å². The lowest BCUT2D eigenvalue weighted by Crippen LogP contribution is -2.07. The van der Waals surface area contributed by atoms with Crippen LogP contribution in [-0.2, 0) is 4.74 Å². The highest BCUT2D eigenvalue weighted by atomic mass is 16.5. The lowest BCUT2D eigenvalue weighted by Gasteiger charge is -2.03. The molecule has 1 aromatic rings. The van der Waals surface area contributed by atoms with Gasteiger partial charge in [0.1, 0.15) is 5.69 Å². The van der Waals surface area contributed by atoms with Crippen LogP contribution in [0.25, 0.3) is 0 Å². The molecule has 1 aromatic heterocycles. The highest BCUT2D eigenvalue weighted by molar-refractivity contribution is 5.98. The number of ether oxygens (including phenoxy) is 1. The molecule has 0 bridgehead atoms. The summed E-state index contributed by atoms with van der Waals surface area (Å²) in [6.07, 6.45) is 1.49. The Bertz CT molecular complexity index is 385. The van der Waals surface area contributed by atoms with E-state index in [4.69, 9.17) is 0 Å². The Morgan fingerprint density at radius 1 is 1.43 bits per heavy atom. The topological polar surface area (TPSA) is 56.3 Å². The zero-order chi connectivity index (χ0) is 10.7. The number of Topliss-reactive ketones (excluding diaryl/α,β-unsaturated/α-hetero) is 1. The van der Waals surface area contributed by atoms with Crippen LogP contribution in [0.2, 0.25) is 0 Å². The van der Waals surface area contributed by atoms with Crippen LogP contribution in [0.1, 0.15) is 33.3 Å². The fourth-order valence-electron chi connectivity index (χ4n) is 1.12. The maximum absolute atomic E-state index is 11.1. The summed E-state index contributed by atoms with van der Waals surface area (Å²) in [5, 5.41) is 0. The minimum Gasteiger partial charge on any atom is -0.464 e. The van der Waals surface area contributed by atoms with E-state index in [0.29, 0.717) is 5.56 Å². The van der Waals surface area contributed by atoms with Crippen molar-refractivity contribution in [1.29, 1.82) is 0 Å². The van der Waals surface area contributed by atoms with Crippen molar-refractivity contribution in [1.82, 2.24) is 4.98 Å². The minimum absolute atomic E-state index is 0.0879. The van der Waals surface area contributed by atoms with Gasteiger partial charge in [0.15, 0.2) is 5.78 Å². The lowest BCUT2D eigenvalue weighted by atomic mass is 10.1. The van der Waals surface area contributed by atoms with Gasteiger partial charge in [-0.15, -0.1) is 0 Å². The Balaban J connectivity index is 3.19. The predicted octanol–water partition coefficient (Wildman–Crippen LogP) is 1.38. The zero-order valence-corrected chi connectivity index (χ0v) is 8.33. The Labute approximate surface area is 81.9 Å². The van der Waals surface area contributed by atoms with Crippen molar-refractivity contribution in [3.63, 3.8) is 0 Å². The van der Waals surface area contributed by atoms with Gasteiger partial charge in [0.2, 0.25) is 0 Å². The summed E-state index contributed by atoms with van der Waals surface area (Å²) in [4.78, 5) is 26.1. The molecule has 0 radical (unpaired) electrons. The van der Waals surface area contributed by atoms with Crippen molar-refractivity contribution in [2.75, 3.05) is 7.11 Å². The number of carbonyl (C=O) groups is 2. The standard InChI is InChI=1S/C10H11NO3/c1-6-5-11-9(10(13)14-3)4-8(6)7(2)12/h4-5H,1-3H3. The molecule has 4 heteroatoms. The Morgan fingerprint density at radius 3 is 2.57 bits per heavy atom. The Hall–Kier alpha value is -1.71. The number of aromatic nitrogens is 1. The Morgan fingerprint density at radius 2 is 2.07 bits per heavy atom. The van der Waals surface area contributed by atoms with E-state index in [2.05, 4.69) is 9.72 Å². The predicted molar refractivity (Wildman–Crippen MR) is 50.3 cm³/mol. The molecule has 0 aliphatic carbocycles. The highest BCUT2D eigenvalue weighted by Crippen LogP contribution is 2.09. The quantitative estimate of drug-likeness (QED) is 0.526. The first-order valence-electron chi connectivity index (χ1n) is 4.12. The second-order valence-electron chi connectivity index (χ2n) is 2.93. The number of hydrogen-bond donors (Lipinski definition) is 0. The number of methoxy groups -OCH3 is 1. The van der Waals surface area contributed by atoms with E-state index >= 15 is 0 Å². The van der Waals surface area contributed by atoms with Gasteiger partial charge < -0.3 is 4.74 Å². The molecule has 14 heavy (non-hydrogen) atoms. The summed E-state index contributed by atoms with van der Waals surface area (Å²) in [7, 11) is 1.28. The third-order valence-electron chi connectivity index (χ3n) is 1.88. The van der Waals surface area contributed by atoms with Gasteiger partial charge in [-0.3, -0.25) is 4.79 Å². The fourth-order valence-corrected chi connectivity index (χ4v) is 1.12. The van der Waals surface area contributed by atoms with Crippen LogP contribution in [-0.4, -0.2) is 23.8 Å². The molecule has 0 aliphatic heterocycles. The molecule has 1 rings (SSSR count). The van der Waals surface area contributed by atoms with E-state index in [1.807, 2.05) is 0 Å². The van der Waals surface area contributed by atoms with Crippen molar-refractivity contribution in [3.05, 3.63) is 29.1 Å². The van der Waals surface area contributed by atoms with E-state index in [1.54, 1.807) is 6.92 Å². The molecule has 74 valence electrons. The maximum atomic E-state index is 11.1. The number of nitrogens with zero attached hydrogens (tertiary/aromatic N) is 1. The molecule has 0 atom stereocenters. The first-order chi connectivity index (χ1) is 6.56. The minimum atomic E-state index is -0.535. The molecule has 0 saturated carbocycles. The summed E-state index contributed by atoms with van der Waals surface area (Å²) in [6.45, 7) is 3.22. The van der Waals surface area contributed by atoms with Crippen LogP contribution in [0, 0.1) is 6.92 Å². The van der Waals surface area contributed by atoms with Gasteiger partial charge in [0.25, 0.3) is 0 Å². The normalized spacial score (nSPS) is 9.64. The van der Waals surface area contributed by atoms with Gasteiger partial charge in [-0.1, -0.05) is 0 Å².